The zero-order valence-electron chi connectivity index (χ0n) is 18.3. The van der Waals surface area contributed by atoms with Crippen LogP contribution >= 0.6 is 0 Å². The van der Waals surface area contributed by atoms with Gasteiger partial charge in [0.15, 0.2) is 12.4 Å². The van der Waals surface area contributed by atoms with E-state index >= 15 is 0 Å². The molecule has 0 atom stereocenters. The molecule has 0 saturated heterocycles. The Kier molecular flexibility index (Phi) is 6.01. The van der Waals surface area contributed by atoms with Crippen LogP contribution in [0, 0.1) is 20.8 Å². The second-order valence-electron chi connectivity index (χ2n) is 7.29. The summed E-state index contributed by atoms with van der Waals surface area (Å²) in [6, 6.07) is 3.66. The fourth-order valence-electron chi connectivity index (χ4n) is 3.30. The molecule has 2 N–H and O–H groups in total. The van der Waals surface area contributed by atoms with Gasteiger partial charge >= 0.3 is 11.7 Å². The lowest BCUT2D eigenvalue weighted by Crippen LogP contribution is -2.42. The van der Waals surface area contributed by atoms with Crippen LogP contribution in [0.15, 0.2) is 32.3 Å². The smallest absolute Gasteiger partial charge is 0.332 e. The van der Waals surface area contributed by atoms with Gasteiger partial charge in [0.25, 0.3) is 5.56 Å². The number of aromatic nitrogens is 4. The van der Waals surface area contributed by atoms with E-state index in [0.717, 1.165) is 26.1 Å². The molecule has 0 amide bonds. The van der Waals surface area contributed by atoms with E-state index in [1.54, 1.807) is 19.1 Å². The highest BCUT2D eigenvalue weighted by molar-refractivity contribution is 6.01. The fourth-order valence-corrected chi connectivity index (χ4v) is 3.30. The monoisotopic (exact) mass is 441 g/mol. The van der Waals surface area contributed by atoms with Crippen LogP contribution in [0.4, 0.5) is 5.82 Å². The highest BCUT2D eigenvalue weighted by Crippen LogP contribution is 2.21. The van der Waals surface area contributed by atoms with E-state index in [-0.39, 0.29) is 5.82 Å². The molecule has 3 aromatic rings. The maximum Gasteiger partial charge on any atom is 0.332 e. The van der Waals surface area contributed by atoms with Gasteiger partial charge < -0.3 is 15.0 Å². The molecule has 0 aliphatic heterocycles. The molecule has 3 heterocycles. The number of nitrogens with zero attached hydrogens (tertiary/aromatic N) is 4. The van der Waals surface area contributed by atoms with Crippen LogP contribution in [0.1, 0.15) is 33.1 Å². The van der Waals surface area contributed by atoms with Crippen molar-refractivity contribution in [1.82, 2.24) is 18.9 Å². The summed E-state index contributed by atoms with van der Waals surface area (Å²) in [6.45, 7) is 4.85. The molecule has 0 radical (unpaired) electrons. The van der Waals surface area contributed by atoms with Gasteiger partial charge in [-0.05, 0) is 38.5 Å². The number of esters is 1. The first kappa shape index (κ1) is 22.5. The molecule has 32 heavy (non-hydrogen) atoms. The van der Waals surface area contributed by atoms with E-state index in [2.05, 4.69) is 5.16 Å². The molecule has 3 aromatic heterocycles. The van der Waals surface area contributed by atoms with Crippen LogP contribution in [0.5, 0.6) is 0 Å². The minimum Gasteiger partial charge on any atom is -0.454 e. The average molecular weight is 441 g/mol. The summed E-state index contributed by atoms with van der Waals surface area (Å²) in [6.07, 6.45) is 2.73. The van der Waals surface area contributed by atoms with Gasteiger partial charge in [0.05, 0.1) is 0 Å². The van der Waals surface area contributed by atoms with Gasteiger partial charge in [0, 0.05) is 37.6 Å². The molecule has 3 rings (SSSR count). The average Bonchev–Trinajstić information content (AvgIpc) is 3.29. The van der Waals surface area contributed by atoms with Gasteiger partial charge in [0.2, 0.25) is 5.78 Å². The number of hydrogen-bond acceptors (Lipinski definition) is 8. The van der Waals surface area contributed by atoms with Crippen LogP contribution < -0.4 is 17.0 Å². The van der Waals surface area contributed by atoms with Crippen molar-refractivity contribution in [3.63, 3.8) is 0 Å². The third-order valence-corrected chi connectivity index (χ3v) is 5.05. The van der Waals surface area contributed by atoms with Gasteiger partial charge in [0.1, 0.15) is 17.1 Å². The molecule has 0 aromatic carbocycles. The van der Waals surface area contributed by atoms with E-state index in [0.29, 0.717) is 11.6 Å². The first-order valence-electron chi connectivity index (χ1n) is 9.59. The second-order valence-corrected chi connectivity index (χ2v) is 7.29. The van der Waals surface area contributed by atoms with Crippen LogP contribution in [0.2, 0.25) is 0 Å². The standard InChI is InChI=1S/C21H23N5O6/c1-11-8-14(13(3)26(11)16-9-12(2)32-23-16)6-7-17(28)31-10-15(27)18-19(22)24(4)21(30)25(5)20(18)29/h6-9H,10,22H2,1-5H3. The lowest BCUT2D eigenvalue weighted by atomic mass is 10.2. The normalized spacial score (nSPS) is 11.3. The van der Waals surface area contributed by atoms with Crippen molar-refractivity contribution in [2.75, 3.05) is 12.3 Å². The SMILES string of the molecule is Cc1cc(-n2c(C)cc(C=CC(=O)OCC(=O)c3c(N)n(C)c(=O)n(C)c3=O)c2C)no1. The number of carbonyl (C=O) groups excluding carboxylic acids is 2. The summed E-state index contributed by atoms with van der Waals surface area (Å²) in [7, 11) is 2.56. The first-order valence-corrected chi connectivity index (χ1v) is 9.59. The summed E-state index contributed by atoms with van der Waals surface area (Å²) >= 11 is 0. The number of nitrogen functional groups attached to an aromatic ring is 1. The Morgan fingerprint density at radius 1 is 1.16 bits per heavy atom. The first-order chi connectivity index (χ1) is 15.0. The summed E-state index contributed by atoms with van der Waals surface area (Å²) in [5.74, 6) is -0.570. The maximum absolute atomic E-state index is 12.4. The van der Waals surface area contributed by atoms with Gasteiger partial charge in [-0.3, -0.25) is 23.3 Å². The Morgan fingerprint density at radius 3 is 2.47 bits per heavy atom. The van der Waals surface area contributed by atoms with Crippen LogP contribution in [-0.4, -0.2) is 37.2 Å². The quantitative estimate of drug-likeness (QED) is 0.336. The molecular formula is C21H23N5O6. The zero-order chi connectivity index (χ0) is 23.7. The number of ketones is 1. The predicted octanol–water partition coefficient (Wildman–Crippen LogP) is 0.809. The lowest BCUT2D eigenvalue weighted by Gasteiger charge is -2.10. The van der Waals surface area contributed by atoms with Crippen molar-refractivity contribution in [2.24, 2.45) is 14.1 Å². The molecule has 0 spiro atoms. The van der Waals surface area contributed by atoms with Gasteiger partial charge in [-0.25, -0.2) is 9.59 Å². The Bertz CT molecular complexity index is 1370. The molecule has 11 heteroatoms. The van der Waals surface area contributed by atoms with Gasteiger partial charge in [-0.15, -0.1) is 0 Å². The largest absolute Gasteiger partial charge is 0.454 e. The van der Waals surface area contributed by atoms with Crippen molar-refractivity contribution in [3.05, 3.63) is 67.3 Å². The summed E-state index contributed by atoms with van der Waals surface area (Å²) in [5, 5.41) is 4.00. The number of nitrogens with two attached hydrogens (primary N) is 1. The van der Waals surface area contributed by atoms with E-state index in [4.69, 9.17) is 15.0 Å². The molecule has 0 bridgehead atoms. The highest BCUT2D eigenvalue weighted by atomic mass is 16.5. The molecule has 0 fully saturated rings. The van der Waals surface area contributed by atoms with Crippen molar-refractivity contribution in [1.29, 1.82) is 0 Å². The second kappa shape index (κ2) is 8.53. The molecule has 168 valence electrons. The number of rotatable bonds is 6. The number of carbonyl (C=O) groups is 2. The lowest BCUT2D eigenvalue weighted by molar-refractivity contribution is -0.136. The van der Waals surface area contributed by atoms with Crippen molar-refractivity contribution < 1.29 is 18.8 Å². The Morgan fingerprint density at radius 2 is 1.84 bits per heavy atom. The Labute approximate surface area is 182 Å². The number of anilines is 1. The summed E-state index contributed by atoms with van der Waals surface area (Å²) in [4.78, 5) is 48.6. The predicted molar refractivity (Wildman–Crippen MR) is 116 cm³/mol. The molecule has 0 saturated carbocycles. The van der Waals surface area contributed by atoms with E-state index in [1.807, 2.05) is 24.5 Å². The van der Waals surface area contributed by atoms with Crippen LogP contribution in [0.25, 0.3) is 11.9 Å². The zero-order valence-corrected chi connectivity index (χ0v) is 18.3. The fraction of sp³-hybridized carbons (Fsp3) is 0.286. The van der Waals surface area contributed by atoms with E-state index < -0.39 is 35.2 Å². The number of ether oxygens (including phenoxy) is 1. The third-order valence-electron chi connectivity index (χ3n) is 5.05. The number of hydrogen-bond donors (Lipinski definition) is 1. The molecule has 11 nitrogen and oxygen atoms in total. The third kappa shape index (κ3) is 4.04. The van der Waals surface area contributed by atoms with Gasteiger partial charge in [-0.1, -0.05) is 5.16 Å². The maximum atomic E-state index is 12.4. The molecular weight excluding hydrogens is 418 g/mol. The Balaban J connectivity index is 1.73. The minimum atomic E-state index is -0.849. The van der Waals surface area contributed by atoms with Crippen molar-refractivity contribution in [2.45, 2.75) is 20.8 Å². The summed E-state index contributed by atoms with van der Waals surface area (Å²) in [5.41, 5.74) is 6.29. The van der Waals surface area contributed by atoms with E-state index in [9.17, 15) is 19.2 Å². The number of Topliss-reactive ketones (excluding diaryl/α,β-unsaturated/α-hetero) is 1. The summed E-state index contributed by atoms with van der Waals surface area (Å²) < 4.78 is 13.7. The van der Waals surface area contributed by atoms with Crippen molar-refractivity contribution in [3.8, 4) is 5.82 Å². The Hall–Kier alpha value is -4.15. The number of aryl methyl sites for hydroxylation is 2. The van der Waals surface area contributed by atoms with E-state index in [1.165, 1.54) is 20.2 Å². The topological polar surface area (TPSA) is 144 Å². The highest BCUT2D eigenvalue weighted by Gasteiger charge is 2.21. The van der Waals surface area contributed by atoms with Crippen molar-refractivity contribution >= 4 is 23.6 Å². The molecule has 0 aliphatic carbocycles. The van der Waals surface area contributed by atoms with Crippen LogP contribution in [-0.2, 0) is 23.6 Å². The molecule has 0 unspecified atom stereocenters. The molecule has 0 aliphatic rings. The van der Waals surface area contributed by atoms with Crippen LogP contribution in [0.3, 0.4) is 0 Å². The minimum absolute atomic E-state index is 0.287. The van der Waals surface area contributed by atoms with Gasteiger partial charge in [-0.2, -0.15) is 0 Å².